The van der Waals surface area contributed by atoms with Crippen LogP contribution in [0.15, 0.2) is 36.4 Å². The molecule has 6 nitrogen and oxygen atoms in total. The predicted octanol–water partition coefficient (Wildman–Crippen LogP) is 3.66. The molecule has 0 aromatic heterocycles. The van der Waals surface area contributed by atoms with Gasteiger partial charge in [0.1, 0.15) is 0 Å². The Morgan fingerprint density at radius 1 is 1.15 bits per heavy atom. The van der Waals surface area contributed by atoms with Crippen LogP contribution in [0.4, 0.5) is 11.4 Å². The van der Waals surface area contributed by atoms with Crippen molar-refractivity contribution < 1.29 is 19.1 Å². The number of ether oxygens (including phenoxy) is 2. The number of hydrogen-bond acceptors (Lipinski definition) is 4. The van der Waals surface area contributed by atoms with Crippen LogP contribution in [0.2, 0.25) is 5.02 Å². The summed E-state index contributed by atoms with van der Waals surface area (Å²) < 4.78 is 10.4. The number of benzene rings is 2. The molecular formula is C20H21ClN2O4. The van der Waals surface area contributed by atoms with Gasteiger partial charge >= 0.3 is 0 Å². The van der Waals surface area contributed by atoms with E-state index in [1.165, 1.54) is 7.11 Å². The van der Waals surface area contributed by atoms with Crippen molar-refractivity contribution in [2.75, 3.05) is 31.0 Å². The normalized spacial score (nSPS) is 16.4. The molecule has 1 atom stereocenters. The van der Waals surface area contributed by atoms with Gasteiger partial charge in [-0.2, -0.15) is 0 Å². The summed E-state index contributed by atoms with van der Waals surface area (Å²) in [5, 5.41) is 3.41. The average molecular weight is 389 g/mol. The lowest BCUT2D eigenvalue weighted by Crippen LogP contribution is -2.28. The van der Waals surface area contributed by atoms with Crippen molar-refractivity contribution in [2.45, 2.75) is 13.3 Å². The molecule has 1 N–H and O–H groups in total. The molecule has 3 rings (SSSR count). The van der Waals surface area contributed by atoms with Crippen molar-refractivity contribution in [3.63, 3.8) is 0 Å². The first-order valence-corrected chi connectivity index (χ1v) is 8.90. The van der Waals surface area contributed by atoms with Gasteiger partial charge in [0, 0.05) is 35.4 Å². The topological polar surface area (TPSA) is 67.9 Å². The van der Waals surface area contributed by atoms with Crippen molar-refractivity contribution in [1.82, 2.24) is 0 Å². The highest BCUT2D eigenvalue weighted by atomic mass is 35.5. The number of aryl methyl sites for hydroxylation is 1. The fourth-order valence-corrected chi connectivity index (χ4v) is 3.31. The third-order valence-corrected chi connectivity index (χ3v) is 4.84. The Labute approximate surface area is 163 Å². The van der Waals surface area contributed by atoms with Crippen LogP contribution in [-0.4, -0.2) is 32.6 Å². The van der Waals surface area contributed by atoms with Crippen LogP contribution in [0, 0.1) is 12.8 Å². The van der Waals surface area contributed by atoms with Crippen LogP contribution in [0.3, 0.4) is 0 Å². The van der Waals surface area contributed by atoms with Crippen molar-refractivity contribution in [2.24, 2.45) is 5.92 Å². The summed E-state index contributed by atoms with van der Waals surface area (Å²) >= 11 is 6.06. The zero-order chi connectivity index (χ0) is 19.6. The van der Waals surface area contributed by atoms with E-state index in [2.05, 4.69) is 5.32 Å². The van der Waals surface area contributed by atoms with E-state index in [0.29, 0.717) is 28.8 Å². The first kappa shape index (κ1) is 19.0. The first-order valence-electron chi connectivity index (χ1n) is 8.52. The van der Waals surface area contributed by atoms with Crippen LogP contribution in [-0.2, 0) is 9.59 Å². The molecule has 27 heavy (non-hydrogen) atoms. The number of carbonyl (C=O) groups is 2. The molecule has 0 bridgehead atoms. The minimum absolute atomic E-state index is 0.0900. The molecule has 0 radical (unpaired) electrons. The zero-order valence-electron chi connectivity index (χ0n) is 15.4. The molecular weight excluding hydrogens is 368 g/mol. The summed E-state index contributed by atoms with van der Waals surface area (Å²) in [6.07, 6.45) is 0.158. The van der Waals surface area contributed by atoms with Gasteiger partial charge in [-0.05, 0) is 36.8 Å². The summed E-state index contributed by atoms with van der Waals surface area (Å²) in [6.45, 7) is 2.23. The van der Waals surface area contributed by atoms with Crippen LogP contribution in [0.5, 0.6) is 11.5 Å². The van der Waals surface area contributed by atoms with Gasteiger partial charge in [-0.15, -0.1) is 0 Å². The van der Waals surface area contributed by atoms with E-state index in [-0.39, 0.29) is 18.2 Å². The third kappa shape index (κ3) is 4.01. The molecule has 2 aromatic rings. The van der Waals surface area contributed by atoms with Gasteiger partial charge in [0.05, 0.1) is 20.1 Å². The summed E-state index contributed by atoms with van der Waals surface area (Å²) in [7, 11) is 3.08. The Kier molecular flexibility index (Phi) is 5.56. The van der Waals surface area contributed by atoms with E-state index >= 15 is 0 Å². The Balaban J connectivity index is 1.73. The highest BCUT2D eigenvalue weighted by Crippen LogP contribution is 2.32. The molecule has 1 heterocycles. The SMILES string of the molecule is COc1ccc(NC(=O)C2CC(=O)N(c3cc(Cl)ccc3C)C2)cc1OC. The lowest BCUT2D eigenvalue weighted by molar-refractivity contribution is -0.122. The first-order chi connectivity index (χ1) is 12.9. The molecule has 142 valence electrons. The number of carbonyl (C=O) groups excluding carboxylic acids is 2. The Morgan fingerprint density at radius 2 is 1.89 bits per heavy atom. The maximum absolute atomic E-state index is 12.7. The highest BCUT2D eigenvalue weighted by molar-refractivity contribution is 6.31. The maximum Gasteiger partial charge on any atom is 0.229 e. The monoisotopic (exact) mass is 388 g/mol. The van der Waals surface area contributed by atoms with E-state index < -0.39 is 5.92 Å². The molecule has 1 saturated heterocycles. The van der Waals surface area contributed by atoms with Crippen molar-refractivity contribution in [3.05, 3.63) is 47.0 Å². The number of nitrogens with one attached hydrogen (secondary N) is 1. The van der Waals surface area contributed by atoms with Gasteiger partial charge in [-0.1, -0.05) is 17.7 Å². The Bertz CT molecular complexity index is 884. The van der Waals surface area contributed by atoms with Crippen molar-refractivity contribution in [1.29, 1.82) is 0 Å². The van der Waals surface area contributed by atoms with Gasteiger partial charge in [-0.25, -0.2) is 0 Å². The second kappa shape index (κ2) is 7.88. The Morgan fingerprint density at radius 3 is 2.59 bits per heavy atom. The lowest BCUT2D eigenvalue weighted by atomic mass is 10.1. The van der Waals surface area contributed by atoms with E-state index in [1.54, 1.807) is 42.3 Å². The smallest absolute Gasteiger partial charge is 0.229 e. The van der Waals surface area contributed by atoms with E-state index in [0.717, 1.165) is 11.3 Å². The molecule has 2 amide bonds. The number of anilines is 2. The molecule has 1 aliphatic rings. The lowest BCUT2D eigenvalue weighted by Gasteiger charge is -2.19. The fraction of sp³-hybridized carbons (Fsp3) is 0.300. The minimum Gasteiger partial charge on any atom is -0.493 e. The number of rotatable bonds is 5. The number of nitrogens with zero attached hydrogens (tertiary/aromatic N) is 1. The van der Waals surface area contributed by atoms with E-state index in [4.69, 9.17) is 21.1 Å². The molecule has 1 fully saturated rings. The zero-order valence-corrected chi connectivity index (χ0v) is 16.2. The van der Waals surface area contributed by atoms with E-state index in [1.807, 2.05) is 13.0 Å². The molecule has 0 aliphatic carbocycles. The van der Waals surface area contributed by atoms with Gasteiger partial charge in [0.2, 0.25) is 11.8 Å². The van der Waals surface area contributed by atoms with Crippen LogP contribution < -0.4 is 19.7 Å². The third-order valence-electron chi connectivity index (χ3n) is 4.61. The second-order valence-corrected chi connectivity index (χ2v) is 6.83. The van der Waals surface area contributed by atoms with E-state index in [9.17, 15) is 9.59 Å². The number of amides is 2. The molecule has 2 aromatic carbocycles. The summed E-state index contributed by atoms with van der Waals surface area (Å²) in [5.74, 6) is 0.359. The average Bonchev–Trinajstić information content (AvgIpc) is 3.05. The molecule has 0 saturated carbocycles. The quantitative estimate of drug-likeness (QED) is 0.848. The number of hydrogen-bond donors (Lipinski definition) is 1. The van der Waals surface area contributed by atoms with Gasteiger partial charge in [0.15, 0.2) is 11.5 Å². The van der Waals surface area contributed by atoms with Gasteiger partial charge < -0.3 is 19.7 Å². The Hall–Kier alpha value is -2.73. The fourth-order valence-electron chi connectivity index (χ4n) is 3.15. The van der Waals surface area contributed by atoms with Crippen LogP contribution >= 0.6 is 11.6 Å². The van der Waals surface area contributed by atoms with Gasteiger partial charge in [-0.3, -0.25) is 9.59 Å². The molecule has 1 unspecified atom stereocenters. The van der Waals surface area contributed by atoms with Crippen LogP contribution in [0.1, 0.15) is 12.0 Å². The maximum atomic E-state index is 12.7. The number of methoxy groups -OCH3 is 2. The second-order valence-electron chi connectivity index (χ2n) is 6.40. The largest absolute Gasteiger partial charge is 0.493 e. The molecule has 0 spiro atoms. The molecule has 1 aliphatic heterocycles. The predicted molar refractivity (Wildman–Crippen MR) is 105 cm³/mol. The molecule has 7 heteroatoms. The van der Waals surface area contributed by atoms with Crippen molar-refractivity contribution in [3.8, 4) is 11.5 Å². The van der Waals surface area contributed by atoms with Gasteiger partial charge in [0.25, 0.3) is 0 Å². The minimum atomic E-state index is -0.441. The standard InChI is InChI=1S/C20H21ClN2O4/c1-12-4-5-14(21)9-16(12)23-11-13(8-19(23)24)20(25)22-15-6-7-17(26-2)18(10-15)27-3/h4-7,9-10,13H,8,11H2,1-3H3,(H,22,25). The summed E-state index contributed by atoms with van der Waals surface area (Å²) in [5.41, 5.74) is 2.27. The summed E-state index contributed by atoms with van der Waals surface area (Å²) in [4.78, 5) is 26.7. The van der Waals surface area contributed by atoms with Crippen molar-refractivity contribution >= 4 is 34.8 Å². The van der Waals surface area contributed by atoms with Crippen LogP contribution in [0.25, 0.3) is 0 Å². The number of halogens is 1. The summed E-state index contributed by atoms with van der Waals surface area (Å²) in [6, 6.07) is 10.5. The highest BCUT2D eigenvalue weighted by Gasteiger charge is 2.35.